The Morgan fingerprint density at radius 3 is 2.68 bits per heavy atom. The Morgan fingerprint density at radius 1 is 1.53 bits per heavy atom. The third-order valence-corrected chi connectivity index (χ3v) is 4.53. The molecule has 1 rings (SSSR count). The molecular formula is C9H11NO7S2. The smallest absolute Gasteiger partial charge is 0.349 e. The van der Waals surface area contributed by atoms with Gasteiger partial charge in [0.1, 0.15) is 9.77 Å². The van der Waals surface area contributed by atoms with Crippen LogP contribution >= 0.6 is 11.3 Å². The molecule has 0 aromatic carbocycles. The molecule has 0 spiro atoms. The summed E-state index contributed by atoms with van der Waals surface area (Å²) in [5, 5.41) is 18.8. The molecule has 1 atom stereocenters. The van der Waals surface area contributed by atoms with Gasteiger partial charge in [-0.25, -0.2) is 22.7 Å². The lowest BCUT2D eigenvalue weighted by Gasteiger charge is -2.08. The van der Waals surface area contributed by atoms with E-state index in [0.29, 0.717) is 0 Å². The predicted molar refractivity (Wildman–Crippen MR) is 64.5 cm³/mol. The SMILES string of the molecule is COC(=O)c1sccc1S(=O)(=O)NC[C@H](O)C(=O)O. The molecule has 0 saturated carbocycles. The van der Waals surface area contributed by atoms with E-state index in [1.165, 1.54) is 11.4 Å². The quantitative estimate of drug-likeness (QED) is 0.590. The zero-order chi connectivity index (χ0) is 14.6. The number of nitrogens with one attached hydrogen (secondary N) is 1. The van der Waals surface area contributed by atoms with Gasteiger partial charge >= 0.3 is 11.9 Å². The van der Waals surface area contributed by atoms with E-state index in [4.69, 9.17) is 10.2 Å². The number of thiophene rings is 1. The number of esters is 1. The van der Waals surface area contributed by atoms with E-state index in [2.05, 4.69) is 4.74 Å². The number of aliphatic hydroxyl groups is 1. The van der Waals surface area contributed by atoms with Crippen molar-refractivity contribution in [3.63, 3.8) is 0 Å². The van der Waals surface area contributed by atoms with E-state index in [0.717, 1.165) is 18.4 Å². The molecule has 1 aromatic heterocycles. The van der Waals surface area contributed by atoms with Crippen LogP contribution in [0.5, 0.6) is 0 Å². The first-order chi connectivity index (χ1) is 8.79. The first kappa shape index (κ1) is 15.6. The molecule has 0 fully saturated rings. The summed E-state index contributed by atoms with van der Waals surface area (Å²) >= 11 is 0.877. The van der Waals surface area contributed by atoms with E-state index in [1.54, 1.807) is 0 Å². The van der Waals surface area contributed by atoms with Crippen molar-refractivity contribution in [1.82, 2.24) is 4.72 Å². The first-order valence-corrected chi connectivity index (χ1v) is 7.22. The fourth-order valence-corrected chi connectivity index (χ4v) is 3.48. The highest BCUT2D eigenvalue weighted by atomic mass is 32.2. The summed E-state index contributed by atoms with van der Waals surface area (Å²) in [6, 6.07) is 1.19. The van der Waals surface area contributed by atoms with Crippen molar-refractivity contribution in [3.8, 4) is 0 Å². The summed E-state index contributed by atoms with van der Waals surface area (Å²) in [6.07, 6.45) is -1.87. The molecule has 1 heterocycles. The Morgan fingerprint density at radius 2 is 2.16 bits per heavy atom. The summed E-state index contributed by atoms with van der Waals surface area (Å²) in [5.41, 5.74) is 0. The van der Waals surface area contributed by atoms with Crippen LogP contribution in [0.1, 0.15) is 9.67 Å². The van der Waals surface area contributed by atoms with E-state index in [1.807, 2.05) is 4.72 Å². The molecule has 10 heteroatoms. The number of hydrogen-bond acceptors (Lipinski definition) is 7. The highest BCUT2D eigenvalue weighted by Gasteiger charge is 2.26. The maximum Gasteiger partial charge on any atom is 0.349 e. The summed E-state index contributed by atoms with van der Waals surface area (Å²) in [4.78, 5) is 21.3. The number of hydrogen-bond donors (Lipinski definition) is 3. The standard InChI is InChI=1S/C9H11NO7S2/c1-17-9(14)7-6(2-3-18-7)19(15,16)10-4-5(11)8(12)13/h2-3,5,10-11H,4H2,1H3,(H,12,13)/t5-/m0/s1. The third-order valence-electron chi connectivity index (χ3n) is 2.04. The first-order valence-electron chi connectivity index (χ1n) is 4.86. The van der Waals surface area contributed by atoms with Gasteiger partial charge in [-0.1, -0.05) is 0 Å². The van der Waals surface area contributed by atoms with Crippen molar-refractivity contribution in [2.45, 2.75) is 11.0 Å². The molecule has 8 nitrogen and oxygen atoms in total. The highest BCUT2D eigenvalue weighted by Crippen LogP contribution is 2.22. The van der Waals surface area contributed by atoms with Gasteiger partial charge < -0.3 is 14.9 Å². The molecular weight excluding hydrogens is 298 g/mol. The van der Waals surface area contributed by atoms with E-state index >= 15 is 0 Å². The van der Waals surface area contributed by atoms with Crippen molar-refractivity contribution in [3.05, 3.63) is 16.3 Å². The fourth-order valence-electron chi connectivity index (χ4n) is 1.10. The number of aliphatic carboxylic acids is 1. The monoisotopic (exact) mass is 309 g/mol. The summed E-state index contributed by atoms with van der Waals surface area (Å²) in [6.45, 7) is -0.700. The van der Waals surface area contributed by atoms with Gasteiger partial charge in [0.2, 0.25) is 10.0 Å². The minimum Gasteiger partial charge on any atom is -0.479 e. The second-order valence-corrected chi connectivity index (χ2v) is 5.96. The number of methoxy groups -OCH3 is 1. The van der Waals surface area contributed by atoms with Crippen LogP contribution in [-0.4, -0.2) is 50.3 Å². The van der Waals surface area contributed by atoms with Crippen molar-refractivity contribution in [1.29, 1.82) is 0 Å². The molecule has 0 aliphatic carbocycles. The van der Waals surface area contributed by atoms with Crippen LogP contribution in [0.4, 0.5) is 0 Å². The summed E-state index contributed by atoms with van der Waals surface area (Å²) < 4.78 is 30.0. The number of carboxylic acid groups (broad SMARTS) is 1. The molecule has 0 aliphatic heterocycles. The van der Waals surface area contributed by atoms with Crippen molar-refractivity contribution < 1.29 is 33.0 Å². The molecule has 0 aliphatic rings. The van der Waals surface area contributed by atoms with E-state index in [9.17, 15) is 18.0 Å². The van der Waals surface area contributed by atoms with E-state index in [-0.39, 0.29) is 9.77 Å². The predicted octanol–water partition coefficient (Wildman–Crippen LogP) is -0.742. The number of carbonyl (C=O) groups excluding carboxylic acids is 1. The van der Waals surface area contributed by atoms with Gasteiger partial charge in [-0.2, -0.15) is 0 Å². The van der Waals surface area contributed by atoms with Crippen molar-refractivity contribution >= 4 is 33.3 Å². The van der Waals surface area contributed by atoms with Gasteiger partial charge in [0, 0.05) is 6.54 Å². The van der Waals surface area contributed by atoms with Gasteiger partial charge in [0.05, 0.1) is 7.11 Å². The topological polar surface area (TPSA) is 130 Å². The van der Waals surface area contributed by atoms with Crippen LogP contribution in [0.3, 0.4) is 0 Å². The van der Waals surface area contributed by atoms with Gasteiger partial charge in [-0.15, -0.1) is 11.3 Å². The Hall–Kier alpha value is -1.49. The number of sulfonamides is 1. The number of aliphatic hydroxyl groups excluding tert-OH is 1. The Balaban J connectivity index is 2.93. The van der Waals surface area contributed by atoms with Crippen LogP contribution < -0.4 is 4.72 Å². The van der Waals surface area contributed by atoms with Crippen LogP contribution in [-0.2, 0) is 19.6 Å². The number of rotatable bonds is 6. The average molecular weight is 309 g/mol. The number of ether oxygens (including phenoxy) is 1. The summed E-state index contributed by atoms with van der Waals surface area (Å²) in [7, 11) is -2.98. The zero-order valence-electron chi connectivity index (χ0n) is 9.69. The second kappa shape index (κ2) is 6.10. The molecule has 0 bridgehead atoms. The fraction of sp³-hybridized carbons (Fsp3) is 0.333. The number of carbonyl (C=O) groups is 2. The van der Waals surface area contributed by atoms with Gasteiger partial charge in [0.25, 0.3) is 0 Å². The summed E-state index contributed by atoms with van der Waals surface area (Å²) in [5.74, 6) is -2.37. The molecule has 3 N–H and O–H groups in total. The minimum atomic E-state index is -4.10. The second-order valence-electron chi connectivity index (χ2n) is 3.31. The highest BCUT2D eigenvalue weighted by molar-refractivity contribution is 7.89. The number of carboxylic acids is 1. The normalized spacial score (nSPS) is 12.9. The van der Waals surface area contributed by atoms with Gasteiger partial charge in [-0.05, 0) is 11.4 Å². The lowest BCUT2D eigenvalue weighted by atomic mass is 10.4. The lowest BCUT2D eigenvalue weighted by Crippen LogP contribution is -2.36. The molecule has 0 radical (unpaired) electrons. The minimum absolute atomic E-state index is 0.125. The maximum atomic E-state index is 11.8. The zero-order valence-corrected chi connectivity index (χ0v) is 11.3. The molecule has 19 heavy (non-hydrogen) atoms. The molecule has 0 unspecified atom stereocenters. The van der Waals surface area contributed by atoms with Crippen LogP contribution in [0, 0.1) is 0 Å². The van der Waals surface area contributed by atoms with E-state index < -0.39 is 34.6 Å². The van der Waals surface area contributed by atoms with Crippen molar-refractivity contribution in [2.75, 3.05) is 13.7 Å². The largest absolute Gasteiger partial charge is 0.479 e. The molecule has 1 aromatic rings. The average Bonchev–Trinajstić information content (AvgIpc) is 2.84. The van der Waals surface area contributed by atoms with Crippen LogP contribution in [0.15, 0.2) is 16.3 Å². The Labute approximate surface area is 112 Å². The van der Waals surface area contributed by atoms with Gasteiger partial charge in [-0.3, -0.25) is 0 Å². The Bertz CT molecular complexity index is 577. The van der Waals surface area contributed by atoms with Crippen LogP contribution in [0.2, 0.25) is 0 Å². The van der Waals surface area contributed by atoms with Crippen molar-refractivity contribution in [2.24, 2.45) is 0 Å². The lowest BCUT2D eigenvalue weighted by molar-refractivity contribution is -0.146. The third kappa shape index (κ3) is 3.73. The maximum absolute atomic E-state index is 11.8. The molecule has 0 amide bonds. The Kier molecular flexibility index (Phi) is 5.00. The molecule has 0 saturated heterocycles. The van der Waals surface area contributed by atoms with Gasteiger partial charge in [0.15, 0.2) is 6.10 Å². The molecule has 106 valence electrons. The van der Waals surface area contributed by atoms with Crippen LogP contribution in [0.25, 0.3) is 0 Å².